The first-order valence-electron chi connectivity index (χ1n) is 6.38. The quantitative estimate of drug-likeness (QED) is 0.763. The van der Waals surface area contributed by atoms with Crippen LogP contribution in [0.5, 0.6) is 0 Å². The van der Waals surface area contributed by atoms with Gasteiger partial charge in [-0.15, -0.1) is 0 Å². The van der Waals surface area contributed by atoms with E-state index in [0.29, 0.717) is 16.8 Å². The van der Waals surface area contributed by atoms with Gasteiger partial charge >= 0.3 is 0 Å². The summed E-state index contributed by atoms with van der Waals surface area (Å²) in [6.07, 6.45) is 0. The number of nitrogens with one attached hydrogen (secondary N) is 2. The lowest BCUT2D eigenvalue weighted by Gasteiger charge is -2.10. The van der Waals surface area contributed by atoms with Crippen molar-refractivity contribution in [2.24, 2.45) is 0 Å². The lowest BCUT2D eigenvalue weighted by Crippen LogP contribution is -2.04. The van der Waals surface area contributed by atoms with Crippen molar-refractivity contribution in [3.05, 3.63) is 28.8 Å². The highest BCUT2D eigenvalue weighted by atomic mass is 14.8. The van der Waals surface area contributed by atoms with Gasteiger partial charge in [-0.1, -0.05) is 27.7 Å². The first-order chi connectivity index (χ1) is 8.60. The number of hydrogen-bond donors (Lipinski definition) is 2. The third-order valence-electron chi connectivity index (χ3n) is 2.05. The van der Waals surface area contributed by atoms with E-state index in [4.69, 9.17) is 10.7 Å². The monoisotopic (exact) mass is 247 g/mol. The van der Waals surface area contributed by atoms with Crippen molar-refractivity contribution in [2.75, 3.05) is 12.4 Å². The van der Waals surface area contributed by atoms with Crippen molar-refractivity contribution in [1.29, 1.82) is 10.7 Å². The SMILES string of the molecule is CC.CC.CNc1cc(C)cc(C#N)c1C(C)=N. The molecule has 0 radical (unpaired) electrons. The fourth-order valence-corrected chi connectivity index (χ4v) is 1.48. The van der Waals surface area contributed by atoms with Crippen LogP contribution in [0.4, 0.5) is 5.69 Å². The zero-order valence-electron chi connectivity index (χ0n) is 12.6. The molecule has 0 aliphatic rings. The van der Waals surface area contributed by atoms with E-state index < -0.39 is 0 Å². The molecule has 0 saturated heterocycles. The van der Waals surface area contributed by atoms with E-state index in [1.807, 2.05) is 40.7 Å². The largest absolute Gasteiger partial charge is 0.388 e. The summed E-state index contributed by atoms with van der Waals surface area (Å²) < 4.78 is 0. The summed E-state index contributed by atoms with van der Waals surface area (Å²) in [7, 11) is 1.79. The molecular weight excluding hydrogens is 222 g/mol. The zero-order valence-corrected chi connectivity index (χ0v) is 12.6. The first kappa shape index (κ1) is 18.5. The number of benzene rings is 1. The van der Waals surface area contributed by atoms with Gasteiger partial charge in [-0.25, -0.2) is 0 Å². The molecule has 0 saturated carbocycles. The number of nitriles is 1. The Balaban J connectivity index is 0. The molecule has 0 heterocycles. The molecule has 0 bridgehead atoms. The van der Waals surface area contributed by atoms with Crippen molar-refractivity contribution in [3.8, 4) is 6.07 Å². The molecule has 1 rings (SSSR count). The van der Waals surface area contributed by atoms with Crippen molar-refractivity contribution in [3.63, 3.8) is 0 Å². The van der Waals surface area contributed by atoms with E-state index in [2.05, 4.69) is 11.4 Å². The van der Waals surface area contributed by atoms with Crippen LogP contribution in [0.2, 0.25) is 0 Å². The summed E-state index contributed by atoms with van der Waals surface area (Å²) >= 11 is 0. The molecule has 1 aromatic carbocycles. The zero-order chi connectivity index (χ0) is 14.7. The Morgan fingerprint density at radius 2 is 1.72 bits per heavy atom. The van der Waals surface area contributed by atoms with Crippen LogP contribution in [0.1, 0.15) is 51.3 Å². The van der Waals surface area contributed by atoms with Crippen molar-refractivity contribution in [2.45, 2.75) is 41.5 Å². The van der Waals surface area contributed by atoms with Gasteiger partial charge in [0.1, 0.15) is 0 Å². The van der Waals surface area contributed by atoms with Gasteiger partial charge in [0, 0.05) is 24.0 Å². The second-order valence-corrected chi connectivity index (χ2v) is 3.22. The minimum atomic E-state index is 0.408. The number of anilines is 1. The molecule has 3 nitrogen and oxygen atoms in total. The minimum Gasteiger partial charge on any atom is -0.388 e. The Kier molecular flexibility index (Phi) is 10.7. The molecule has 1 aromatic rings. The highest BCUT2D eigenvalue weighted by Gasteiger charge is 2.10. The molecule has 0 aromatic heterocycles. The third kappa shape index (κ3) is 5.01. The minimum absolute atomic E-state index is 0.408. The van der Waals surface area contributed by atoms with Gasteiger partial charge in [0.05, 0.1) is 11.6 Å². The first-order valence-corrected chi connectivity index (χ1v) is 6.38. The van der Waals surface area contributed by atoms with Gasteiger partial charge in [0.25, 0.3) is 0 Å². The molecule has 0 unspecified atom stereocenters. The topological polar surface area (TPSA) is 59.7 Å². The third-order valence-corrected chi connectivity index (χ3v) is 2.05. The summed E-state index contributed by atoms with van der Waals surface area (Å²) in [6, 6.07) is 5.85. The summed E-state index contributed by atoms with van der Waals surface area (Å²) in [5.41, 5.74) is 3.53. The second kappa shape index (κ2) is 10.3. The van der Waals surface area contributed by atoms with Crippen LogP contribution in [0.3, 0.4) is 0 Å². The molecule has 100 valence electrons. The summed E-state index contributed by atoms with van der Waals surface area (Å²) in [6.45, 7) is 11.6. The number of hydrogen-bond acceptors (Lipinski definition) is 3. The van der Waals surface area contributed by atoms with Gasteiger partial charge in [0.2, 0.25) is 0 Å². The van der Waals surface area contributed by atoms with Crippen LogP contribution >= 0.6 is 0 Å². The maximum absolute atomic E-state index is 8.94. The number of aryl methyl sites for hydroxylation is 1. The number of rotatable bonds is 2. The Labute approximate surface area is 111 Å². The normalized spacial score (nSPS) is 7.89. The summed E-state index contributed by atoms with van der Waals surface area (Å²) in [5.74, 6) is 0. The van der Waals surface area contributed by atoms with E-state index in [9.17, 15) is 0 Å². The average molecular weight is 247 g/mol. The average Bonchev–Trinajstić information content (AvgIpc) is 2.41. The molecular formula is C15H25N3. The molecule has 0 fully saturated rings. The lowest BCUT2D eigenvalue weighted by molar-refractivity contribution is 1.35. The lowest BCUT2D eigenvalue weighted by atomic mass is 9.99. The predicted molar refractivity (Wildman–Crippen MR) is 80.6 cm³/mol. The number of nitrogens with zero attached hydrogens (tertiary/aromatic N) is 1. The van der Waals surface area contributed by atoms with Crippen LogP contribution < -0.4 is 5.32 Å². The van der Waals surface area contributed by atoms with Crippen LogP contribution in [0.25, 0.3) is 0 Å². The Morgan fingerprint density at radius 3 is 2.06 bits per heavy atom. The highest BCUT2D eigenvalue weighted by Crippen LogP contribution is 2.22. The highest BCUT2D eigenvalue weighted by molar-refractivity contribution is 6.03. The standard InChI is InChI=1S/C11H13N3.2C2H6/c1-7-4-9(6-12)11(8(2)13)10(5-7)14-3;2*1-2/h4-5,13-14H,1-3H3;2*1-2H3. The molecule has 2 N–H and O–H groups in total. The van der Waals surface area contributed by atoms with E-state index in [1.165, 1.54) is 0 Å². The van der Waals surface area contributed by atoms with Crippen LogP contribution in [0.15, 0.2) is 12.1 Å². The van der Waals surface area contributed by atoms with Crippen LogP contribution in [-0.2, 0) is 0 Å². The summed E-state index contributed by atoms with van der Waals surface area (Å²) in [5, 5.41) is 19.5. The van der Waals surface area contributed by atoms with Crippen molar-refractivity contribution >= 4 is 11.4 Å². The van der Waals surface area contributed by atoms with E-state index >= 15 is 0 Å². The molecule has 0 aliphatic heterocycles. The van der Waals surface area contributed by atoms with E-state index in [-0.39, 0.29) is 0 Å². The molecule has 0 atom stereocenters. The molecule has 0 spiro atoms. The maximum Gasteiger partial charge on any atom is 0.0999 e. The fraction of sp³-hybridized carbons (Fsp3) is 0.467. The van der Waals surface area contributed by atoms with Crippen molar-refractivity contribution in [1.82, 2.24) is 0 Å². The van der Waals surface area contributed by atoms with Gasteiger partial charge in [-0.3, -0.25) is 0 Å². The second-order valence-electron chi connectivity index (χ2n) is 3.22. The maximum atomic E-state index is 8.94. The Morgan fingerprint density at radius 1 is 1.22 bits per heavy atom. The predicted octanol–water partition coefficient (Wildman–Crippen LogP) is 4.35. The Bertz CT molecular complexity index is 414. The smallest absolute Gasteiger partial charge is 0.0999 e. The van der Waals surface area contributed by atoms with Crippen molar-refractivity contribution < 1.29 is 0 Å². The molecule has 0 aliphatic carbocycles. The summed E-state index contributed by atoms with van der Waals surface area (Å²) in [4.78, 5) is 0. The van der Waals surface area contributed by atoms with Gasteiger partial charge in [0.15, 0.2) is 0 Å². The van der Waals surface area contributed by atoms with Gasteiger partial charge in [-0.05, 0) is 31.5 Å². The fourth-order valence-electron chi connectivity index (χ4n) is 1.48. The van der Waals surface area contributed by atoms with Crippen LogP contribution in [-0.4, -0.2) is 12.8 Å². The van der Waals surface area contributed by atoms with Crippen LogP contribution in [0, 0.1) is 23.7 Å². The van der Waals surface area contributed by atoms with E-state index in [1.54, 1.807) is 20.0 Å². The molecule has 3 heteroatoms. The van der Waals surface area contributed by atoms with Gasteiger partial charge < -0.3 is 10.7 Å². The Hall–Kier alpha value is -1.82. The molecule has 18 heavy (non-hydrogen) atoms. The van der Waals surface area contributed by atoms with E-state index in [0.717, 1.165) is 11.3 Å². The van der Waals surface area contributed by atoms with Gasteiger partial charge in [-0.2, -0.15) is 5.26 Å². The molecule has 0 amide bonds.